The molecule has 2 aliphatic heterocycles. The van der Waals surface area contributed by atoms with Crippen LogP contribution < -0.4 is 5.32 Å². The molecule has 0 unspecified atom stereocenters. The van der Waals surface area contributed by atoms with Crippen LogP contribution in [0.4, 0.5) is 0 Å². The summed E-state index contributed by atoms with van der Waals surface area (Å²) in [6.07, 6.45) is 1.63. The first kappa shape index (κ1) is 16.9. The van der Waals surface area contributed by atoms with Gasteiger partial charge in [0, 0.05) is 32.6 Å². The smallest absolute Gasteiger partial charge is 0.159 e. The summed E-state index contributed by atoms with van der Waals surface area (Å²) in [7, 11) is 0. The lowest BCUT2D eigenvalue weighted by Gasteiger charge is -2.36. The molecule has 2 heterocycles. The van der Waals surface area contributed by atoms with E-state index in [0.29, 0.717) is 19.1 Å². The molecule has 5 nitrogen and oxygen atoms in total. The number of nitrogens with zero attached hydrogens (tertiary/aromatic N) is 1. The number of β-amino-alcohol motifs (C(OH)–C–C–N with tert-alkyl or cyclic N) is 1. The summed E-state index contributed by atoms with van der Waals surface area (Å²) in [5.74, 6) is 0.342. The van der Waals surface area contributed by atoms with Crippen molar-refractivity contribution in [1.82, 2.24) is 10.2 Å². The fourth-order valence-electron chi connectivity index (χ4n) is 3.35. The summed E-state index contributed by atoms with van der Waals surface area (Å²) >= 11 is 0. The van der Waals surface area contributed by atoms with Crippen molar-refractivity contribution in [3.63, 3.8) is 0 Å². The highest BCUT2D eigenvalue weighted by Gasteiger charge is 2.28. The summed E-state index contributed by atoms with van der Waals surface area (Å²) in [4.78, 5) is 2.32. The van der Waals surface area contributed by atoms with E-state index in [1.54, 1.807) is 0 Å². The molecule has 1 aromatic carbocycles. The minimum Gasteiger partial charge on any atom is -0.391 e. The number of piperidine rings is 1. The lowest BCUT2D eigenvalue weighted by Crippen LogP contribution is -2.47. The Hall–Kier alpha value is -0.980. The van der Waals surface area contributed by atoms with Crippen LogP contribution in [-0.2, 0) is 16.0 Å². The van der Waals surface area contributed by atoms with Gasteiger partial charge in [0.05, 0.1) is 19.3 Å². The molecule has 2 fully saturated rings. The molecule has 128 valence electrons. The van der Waals surface area contributed by atoms with Crippen molar-refractivity contribution in [3.8, 4) is 0 Å². The topological polar surface area (TPSA) is 54.0 Å². The number of nitrogens with one attached hydrogen (secondary N) is 1. The van der Waals surface area contributed by atoms with Gasteiger partial charge in [-0.15, -0.1) is 0 Å². The van der Waals surface area contributed by atoms with Gasteiger partial charge in [-0.2, -0.15) is 0 Å². The molecule has 5 heteroatoms. The highest BCUT2D eigenvalue weighted by atomic mass is 16.7. The van der Waals surface area contributed by atoms with Crippen LogP contribution in [0.3, 0.4) is 0 Å². The van der Waals surface area contributed by atoms with Crippen LogP contribution in [0.15, 0.2) is 30.3 Å². The molecule has 0 aliphatic carbocycles. The number of aliphatic hydroxyl groups is 1. The third kappa shape index (κ3) is 5.26. The average molecular weight is 320 g/mol. The summed E-state index contributed by atoms with van der Waals surface area (Å²) in [6.45, 7) is 5.89. The number of rotatable bonds is 7. The molecular weight excluding hydrogens is 292 g/mol. The SMILES string of the molecule is O[C@H]1CN(CCC2OCCO2)CC[C@@H]1CNCc1ccccc1. The minimum atomic E-state index is -0.252. The number of hydrogen-bond donors (Lipinski definition) is 2. The average Bonchev–Trinajstić information content (AvgIpc) is 3.09. The largest absolute Gasteiger partial charge is 0.391 e. The molecule has 0 bridgehead atoms. The molecule has 0 radical (unpaired) electrons. The zero-order valence-electron chi connectivity index (χ0n) is 13.7. The van der Waals surface area contributed by atoms with Gasteiger partial charge in [-0.25, -0.2) is 0 Å². The van der Waals surface area contributed by atoms with Crippen molar-refractivity contribution >= 4 is 0 Å². The Morgan fingerprint density at radius 2 is 1.96 bits per heavy atom. The Morgan fingerprint density at radius 3 is 2.70 bits per heavy atom. The van der Waals surface area contributed by atoms with Gasteiger partial charge in [-0.3, -0.25) is 0 Å². The van der Waals surface area contributed by atoms with Crippen LogP contribution in [0, 0.1) is 5.92 Å². The van der Waals surface area contributed by atoms with E-state index < -0.39 is 0 Å². The fraction of sp³-hybridized carbons (Fsp3) is 0.667. The summed E-state index contributed by atoms with van der Waals surface area (Å²) in [6, 6.07) is 10.4. The van der Waals surface area contributed by atoms with E-state index in [1.807, 2.05) is 6.07 Å². The maximum atomic E-state index is 10.4. The normalized spacial score (nSPS) is 26.7. The molecule has 23 heavy (non-hydrogen) atoms. The van der Waals surface area contributed by atoms with Crippen LogP contribution in [0.2, 0.25) is 0 Å². The number of ether oxygens (including phenoxy) is 2. The predicted octanol–water partition coefficient (Wildman–Crippen LogP) is 1.22. The van der Waals surface area contributed by atoms with Crippen molar-refractivity contribution < 1.29 is 14.6 Å². The maximum absolute atomic E-state index is 10.4. The molecule has 1 aromatic rings. The zero-order valence-corrected chi connectivity index (χ0v) is 13.7. The Balaban J connectivity index is 1.33. The second kappa shape index (κ2) is 8.76. The third-order valence-corrected chi connectivity index (χ3v) is 4.76. The highest BCUT2D eigenvalue weighted by Crippen LogP contribution is 2.19. The first-order valence-corrected chi connectivity index (χ1v) is 8.69. The standard InChI is InChI=1S/C18H28N2O3/c21-17-14-20(9-7-18-22-10-11-23-18)8-6-16(17)13-19-12-15-4-2-1-3-5-15/h1-5,16-19,21H,6-14H2/t16-,17+/m1/s1. The lowest BCUT2D eigenvalue weighted by molar-refractivity contribution is -0.0577. The molecule has 3 rings (SSSR count). The number of likely N-dealkylation sites (tertiary alicyclic amines) is 1. The molecule has 0 aromatic heterocycles. The van der Waals surface area contributed by atoms with E-state index in [1.165, 1.54) is 5.56 Å². The summed E-state index contributed by atoms with van der Waals surface area (Å²) in [5.41, 5.74) is 1.29. The molecule has 2 N–H and O–H groups in total. The summed E-state index contributed by atoms with van der Waals surface area (Å²) < 4.78 is 10.9. The quantitative estimate of drug-likeness (QED) is 0.791. The van der Waals surface area contributed by atoms with Gasteiger partial charge in [-0.05, 0) is 24.4 Å². The van der Waals surface area contributed by atoms with Crippen LogP contribution in [0.5, 0.6) is 0 Å². The molecule has 0 spiro atoms. The van der Waals surface area contributed by atoms with E-state index in [2.05, 4.69) is 34.5 Å². The van der Waals surface area contributed by atoms with Crippen molar-refractivity contribution in [2.75, 3.05) is 39.4 Å². The van der Waals surface area contributed by atoms with Gasteiger partial charge in [-0.1, -0.05) is 30.3 Å². The van der Waals surface area contributed by atoms with Crippen molar-refractivity contribution in [1.29, 1.82) is 0 Å². The monoisotopic (exact) mass is 320 g/mol. The fourth-order valence-corrected chi connectivity index (χ4v) is 3.35. The van der Waals surface area contributed by atoms with Crippen LogP contribution in [0.25, 0.3) is 0 Å². The van der Waals surface area contributed by atoms with E-state index in [0.717, 1.165) is 45.6 Å². The Kier molecular flexibility index (Phi) is 6.42. The molecule has 2 aliphatic rings. The molecule has 2 atom stereocenters. The van der Waals surface area contributed by atoms with Gasteiger partial charge in [0.25, 0.3) is 0 Å². The zero-order chi connectivity index (χ0) is 15.9. The minimum absolute atomic E-state index is 0.0441. The summed E-state index contributed by atoms with van der Waals surface area (Å²) in [5, 5.41) is 13.9. The predicted molar refractivity (Wildman–Crippen MR) is 89.0 cm³/mol. The number of benzene rings is 1. The van der Waals surface area contributed by atoms with E-state index in [9.17, 15) is 5.11 Å². The van der Waals surface area contributed by atoms with E-state index >= 15 is 0 Å². The Labute approximate surface area is 138 Å². The first-order chi connectivity index (χ1) is 11.3. The lowest BCUT2D eigenvalue weighted by atomic mass is 9.93. The Morgan fingerprint density at radius 1 is 1.17 bits per heavy atom. The molecule has 0 amide bonds. The number of hydrogen-bond acceptors (Lipinski definition) is 5. The van der Waals surface area contributed by atoms with Gasteiger partial charge >= 0.3 is 0 Å². The highest BCUT2D eigenvalue weighted by molar-refractivity contribution is 5.14. The molecule has 2 saturated heterocycles. The van der Waals surface area contributed by atoms with Crippen LogP contribution >= 0.6 is 0 Å². The van der Waals surface area contributed by atoms with Crippen molar-refractivity contribution in [3.05, 3.63) is 35.9 Å². The van der Waals surface area contributed by atoms with Gasteiger partial charge < -0.3 is 24.8 Å². The first-order valence-electron chi connectivity index (χ1n) is 8.69. The van der Waals surface area contributed by atoms with E-state index in [-0.39, 0.29) is 12.4 Å². The molecule has 0 saturated carbocycles. The second-order valence-corrected chi connectivity index (χ2v) is 6.49. The number of aliphatic hydroxyl groups excluding tert-OH is 1. The van der Waals surface area contributed by atoms with Crippen LogP contribution in [0.1, 0.15) is 18.4 Å². The van der Waals surface area contributed by atoms with Crippen LogP contribution in [-0.4, -0.2) is 61.8 Å². The molecular formula is C18H28N2O3. The third-order valence-electron chi connectivity index (χ3n) is 4.76. The van der Waals surface area contributed by atoms with Gasteiger partial charge in [0.1, 0.15) is 0 Å². The van der Waals surface area contributed by atoms with Crippen molar-refractivity contribution in [2.24, 2.45) is 5.92 Å². The van der Waals surface area contributed by atoms with Crippen molar-refractivity contribution in [2.45, 2.75) is 31.8 Å². The van der Waals surface area contributed by atoms with E-state index in [4.69, 9.17) is 9.47 Å². The second-order valence-electron chi connectivity index (χ2n) is 6.49. The van der Waals surface area contributed by atoms with Gasteiger partial charge in [0.2, 0.25) is 0 Å². The maximum Gasteiger partial charge on any atom is 0.159 e. The van der Waals surface area contributed by atoms with Gasteiger partial charge in [0.15, 0.2) is 6.29 Å². The Bertz CT molecular complexity index is 451.